The molecule has 0 unspecified atom stereocenters. The summed E-state index contributed by atoms with van der Waals surface area (Å²) in [6, 6.07) is 8.69. The highest BCUT2D eigenvalue weighted by atomic mass is 79.9. The average Bonchev–Trinajstić information content (AvgIpc) is 2.68. The molecule has 2 rings (SSSR count). The van der Waals surface area contributed by atoms with Crippen LogP contribution in [0, 0.1) is 5.82 Å². The second-order valence-corrected chi connectivity index (χ2v) is 8.83. The predicted octanol–water partition coefficient (Wildman–Crippen LogP) is 3.68. The van der Waals surface area contributed by atoms with Crippen molar-refractivity contribution in [3.05, 3.63) is 46.7 Å². The molecule has 0 aliphatic rings. The van der Waals surface area contributed by atoms with Crippen LogP contribution in [0.1, 0.15) is 13.8 Å². The van der Waals surface area contributed by atoms with E-state index in [1.165, 1.54) is 41.7 Å². The van der Waals surface area contributed by atoms with Crippen LogP contribution in [-0.2, 0) is 14.8 Å². The van der Waals surface area contributed by atoms with E-state index in [0.29, 0.717) is 23.3 Å². The largest absolute Gasteiger partial charge is 0.495 e. The average molecular weight is 488 g/mol. The number of rotatable bonds is 9. The Morgan fingerprint density at radius 3 is 2.41 bits per heavy atom. The van der Waals surface area contributed by atoms with Gasteiger partial charge in [-0.3, -0.25) is 4.79 Å². The molecule has 0 spiro atoms. The number of hydrogen-bond donors (Lipinski definition) is 2. The molecule has 2 aromatic carbocycles. The highest BCUT2D eigenvalue weighted by Gasteiger charge is 2.23. The van der Waals surface area contributed by atoms with E-state index in [1.54, 1.807) is 19.9 Å². The Bertz CT molecular complexity index is 981. The van der Waals surface area contributed by atoms with Gasteiger partial charge in [-0.05, 0) is 36.4 Å². The molecule has 0 saturated heterocycles. The predicted molar refractivity (Wildman–Crippen MR) is 114 cm³/mol. The van der Waals surface area contributed by atoms with Crippen molar-refractivity contribution in [3.8, 4) is 5.75 Å². The first-order valence-corrected chi connectivity index (χ1v) is 11.1. The number of methoxy groups -OCH3 is 1. The number of amides is 1. The molecule has 0 aromatic heterocycles. The van der Waals surface area contributed by atoms with Crippen LogP contribution in [-0.4, -0.2) is 45.4 Å². The van der Waals surface area contributed by atoms with E-state index in [9.17, 15) is 17.6 Å². The lowest BCUT2D eigenvalue weighted by atomic mass is 10.3. The molecule has 7 nitrogen and oxygen atoms in total. The third-order valence-corrected chi connectivity index (χ3v) is 6.70. The van der Waals surface area contributed by atoms with E-state index >= 15 is 0 Å². The fourth-order valence-electron chi connectivity index (χ4n) is 2.66. The maximum absolute atomic E-state index is 13.9. The van der Waals surface area contributed by atoms with Crippen LogP contribution in [0.5, 0.6) is 5.75 Å². The number of sulfonamides is 1. The van der Waals surface area contributed by atoms with Crippen LogP contribution in [0.15, 0.2) is 45.8 Å². The number of anilines is 2. The van der Waals surface area contributed by atoms with Crippen molar-refractivity contribution in [1.82, 2.24) is 4.31 Å². The van der Waals surface area contributed by atoms with Crippen molar-refractivity contribution in [2.24, 2.45) is 0 Å². The monoisotopic (exact) mass is 487 g/mol. The Labute approximate surface area is 178 Å². The number of ether oxygens (including phenoxy) is 1. The SMILES string of the molecule is CCN(CC)S(=O)(=O)c1ccc(OC)c(NC(=O)CNc2ccc(Br)cc2F)c1. The third-order valence-electron chi connectivity index (χ3n) is 4.16. The first-order chi connectivity index (χ1) is 13.7. The second-order valence-electron chi connectivity index (χ2n) is 5.98. The summed E-state index contributed by atoms with van der Waals surface area (Å²) in [6.07, 6.45) is 0. The number of carbonyl (C=O) groups is 1. The number of nitrogens with one attached hydrogen (secondary N) is 2. The lowest BCUT2D eigenvalue weighted by Gasteiger charge is -2.19. The number of benzene rings is 2. The van der Waals surface area contributed by atoms with Crippen LogP contribution in [0.4, 0.5) is 15.8 Å². The quantitative estimate of drug-likeness (QED) is 0.563. The summed E-state index contributed by atoms with van der Waals surface area (Å²) < 4.78 is 46.4. The van der Waals surface area contributed by atoms with Crippen molar-refractivity contribution >= 4 is 43.2 Å². The lowest BCUT2D eigenvalue weighted by Crippen LogP contribution is -2.30. The zero-order valence-corrected chi connectivity index (χ0v) is 18.7. The van der Waals surface area contributed by atoms with E-state index in [1.807, 2.05) is 0 Å². The lowest BCUT2D eigenvalue weighted by molar-refractivity contribution is -0.114. The van der Waals surface area contributed by atoms with Crippen LogP contribution in [0.25, 0.3) is 0 Å². The molecule has 0 aliphatic heterocycles. The van der Waals surface area contributed by atoms with Gasteiger partial charge in [0, 0.05) is 17.6 Å². The topological polar surface area (TPSA) is 87.7 Å². The Hall–Kier alpha value is -2.17. The van der Waals surface area contributed by atoms with Crippen LogP contribution in [0.2, 0.25) is 0 Å². The van der Waals surface area contributed by atoms with Gasteiger partial charge in [0.25, 0.3) is 0 Å². The normalized spacial score (nSPS) is 11.4. The highest BCUT2D eigenvalue weighted by molar-refractivity contribution is 9.10. The number of halogens is 2. The van der Waals surface area contributed by atoms with Crippen LogP contribution >= 0.6 is 15.9 Å². The van der Waals surface area contributed by atoms with Gasteiger partial charge in [0.1, 0.15) is 11.6 Å². The van der Waals surface area contributed by atoms with E-state index in [0.717, 1.165) is 0 Å². The number of hydrogen-bond acceptors (Lipinski definition) is 5. The van der Waals surface area contributed by atoms with Gasteiger partial charge in [-0.1, -0.05) is 29.8 Å². The second kappa shape index (κ2) is 10.0. The minimum Gasteiger partial charge on any atom is -0.495 e. The molecule has 10 heteroatoms. The fraction of sp³-hybridized carbons (Fsp3) is 0.316. The van der Waals surface area contributed by atoms with Crippen molar-refractivity contribution < 1.29 is 22.3 Å². The summed E-state index contributed by atoms with van der Waals surface area (Å²) >= 11 is 3.17. The summed E-state index contributed by atoms with van der Waals surface area (Å²) in [7, 11) is -2.28. The molecule has 2 N–H and O–H groups in total. The summed E-state index contributed by atoms with van der Waals surface area (Å²) in [5, 5.41) is 5.31. The van der Waals surface area contributed by atoms with Crippen molar-refractivity contribution in [3.63, 3.8) is 0 Å². The van der Waals surface area contributed by atoms with Crippen molar-refractivity contribution in [2.45, 2.75) is 18.7 Å². The molecule has 0 atom stereocenters. The van der Waals surface area contributed by atoms with Crippen LogP contribution < -0.4 is 15.4 Å². The van der Waals surface area contributed by atoms with Gasteiger partial charge >= 0.3 is 0 Å². The van der Waals surface area contributed by atoms with E-state index < -0.39 is 21.7 Å². The molecule has 1 amide bonds. The van der Waals surface area contributed by atoms with Crippen molar-refractivity contribution in [2.75, 3.05) is 37.4 Å². The van der Waals surface area contributed by atoms with Gasteiger partial charge in [-0.15, -0.1) is 0 Å². The van der Waals surface area contributed by atoms with Gasteiger partial charge in [-0.25, -0.2) is 12.8 Å². The van der Waals surface area contributed by atoms with Gasteiger partial charge in [0.15, 0.2) is 0 Å². The minimum atomic E-state index is -3.69. The maximum atomic E-state index is 13.9. The number of nitrogens with zero attached hydrogens (tertiary/aromatic N) is 1. The smallest absolute Gasteiger partial charge is 0.243 e. The zero-order chi connectivity index (χ0) is 21.6. The molecule has 0 bridgehead atoms. The van der Waals surface area contributed by atoms with Gasteiger partial charge in [0.05, 0.1) is 29.9 Å². The third kappa shape index (κ3) is 5.68. The standard InChI is InChI=1S/C19H23BrFN3O4S/c1-4-24(5-2)29(26,27)14-7-9-18(28-3)17(11-14)23-19(25)12-22-16-8-6-13(20)10-15(16)21/h6-11,22H,4-5,12H2,1-3H3,(H,23,25). The van der Waals surface area contributed by atoms with Crippen LogP contribution in [0.3, 0.4) is 0 Å². The maximum Gasteiger partial charge on any atom is 0.243 e. The summed E-state index contributed by atoms with van der Waals surface area (Å²) in [5.41, 5.74) is 0.386. The molecule has 29 heavy (non-hydrogen) atoms. The summed E-state index contributed by atoms with van der Waals surface area (Å²) in [6.45, 7) is 3.94. The van der Waals surface area contributed by atoms with Gasteiger partial charge < -0.3 is 15.4 Å². The minimum absolute atomic E-state index is 0.0456. The Morgan fingerprint density at radius 2 is 1.83 bits per heavy atom. The summed E-state index contributed by atoms with van der Waals surface area (Å²) in [4.78, 5) is 12.4. The molecule has 0 saturated carbocycles. The summed E-state index contributed by atoms with van der Waals surface area (Å²) in [5.74, 6) is -0.674. The molecule has 0 aliphatic carbocycles. The molecular formula is C19H23BrFN3O4S. The van der Waals surface area contributed by atoms with Gasteiger partial charge in [0.2, 0.25) is 15.9 Å². The highest BCUT2D eigenvalue weighted by Crippen LogP contribution is 2.29. The molecule has 0 fully saturated rings. The van der Waals surface area contributed by atoms with Gasteiger partial charge in [-0.2, -0.15) is 4.31 Å². The fourth-order valence-corrected chi connectivity index (χ4v) is 4.48. The Morgan fingerprint density at radius 1 is 1.14 bits per heavy atom. The van der Waals surface area contributed by atoms with E-state index in [2.05, 4.69) is 26.6 Å². The van der Waals surface area contributed by atoms with E-state index in [4.69, 9.17) is 4.74 Å². The zero-order valence-electron chi connectivity index (χ0n) is 16.3. The first-order valence-electron chi connectivity index (χ1n) is 8.89. The Balaban J connectivity index is 2.19. The van der Waals surface area contributed by atoms with E-state index in [-0.39, 0.29) is 22.8 Å². The van der Waals surface area contributed by atoms with Crippen molar-refractivity contribution in [1.29, 1.82) is 0 Å². The molecule has 158 valence electrons. The molecule has 0 radical (unpaired) electrons. The molecular weight excluding hydrogens is 465 g/mol. The molecule has 2 aromatic rings. The molecule has 0 heterocycles. The Kier molecular flexibility index (Phi) is 8.00. The first kappa shape index (κ1) is 23.1. The number of carbonyl (C=O) groups excluding carboxylic acids is 1.